The van der Waals surface area contributed by atoms with Crippen molar-refractivity contribution in [3.05, 3.63) is 24.1 Å². The summed E-state index contributed by atoms with van der Waals surface area (Å²) in [7, 11) is -3.08. The molecule has 0 saturated carbocycles. The van der Waals surface area contributed by atoms with Gasteiger partial charge in [-0.05, 0) is 6.92 Å². The minimum absolute atomic E-state index is 0.259. The number of rotatable bonds is 6. The molecular weight excluding hydrogens is 270 g/mol. The third-order valence-corrected chi connectivity index (χ3v) is 9.90. The molecule has 0 atom stereocenters. The summed E-state index contributed by atoms with van der Waals surface area (Å²) in [5.74, 6) is 0.461. The van der Waals surface area contributed by atoms with Gasteiger partial charge in [-0.3, -0.25) is 4.79 Å². The maximum atomic E-state index is 11.2. The van der Waals surface area contributed by atoms with E-state index in [1.54, 1.807) is 0 Å². The third-order valence-electron chi connectivity index (χ3n) is 2.65. The Labute approximate surface area is 120 Å². The van der Waals surface area contributed by atoms with Crippen LogP contribution in [0.3, 0.4) is 0 Å². The Kier molecular flexibility index (Phi) is 6.28. The topological polar surface area (TPSA) is 29.5 Å². The molecule has 0 fully saturated rings. The minimum Gasteiger partial charge on any atom is -0.430 e. The molecule has 0 saturated heterocycles. The summed E-state index contributed by atoms with van der Waals surface area (Å²) in [6.07, 6.45) is 2.63. The van der Waals surface area contributed by atoms with Crippen molar-refractivity contribution in [2.24, 2.45) is 0 Å². The van der Waals surface area contributed by atoms with Gasteiger partial charge in [0.05, 0.1) is 0 Å². The summed E-state index contributed by atoms with van der Waals surface area (Å²) in [6.45, 7) is 21.1. The van der Waals surface area contributed by atoms with Gasteiger partial charge in [-0.1, -0.05) is 45.4 Å². The van der Waals surface area contributed by atoms with Gasteiger partial charge in [0.15, 0.2) is 0 Å². The van der Waals surface area contributed by atoms with Crippen molar-refractivity contribution in [1.82, 2.24) is 4.23 Å². The molecular formula is C14H29NO2Si2. The van der Waals surface area contributed by atoms with Crippen LogP contribution in [0.4, 0.5) is 0 Å². The fraction of sp³-hybridized carbons (Fsp3) is 0.643. The van der Waals surface area contributed by atoms with Crippen molar-refractivity contribution in [3.63, 3.8) is 0 Å². The smallest absolute Gasteiger partial charge is 0.307 e. The van der Waals surface area contributed by atoms with Gasteiger partial charge in [0.2, 0.25) is 0 Å². The number of carbonyl (C=O) groups is 1. The van der Waals surface area contributed by atoms with Crippen molar-refractivity contribution in [3.8, 4) is 0 Å². The number of allylic oxidation sites excluding steroid dienone is 2. The highest BCUT2D eigenvalue weighted by molar-refractivity contribution is 6.90. The zero-order chi connectivity index (χ0) is 15.4. The minimum atomic E-state index is -1.54. The van der Waals surface area contributed by atoms with E-state index in [9.17, 15) is 4.79 Å². The first-order valence-corrected chi connectivity index (χ1v) is 13.6. The molecule has 3 nitrogen and oxygen atoms in total. The quantitative estimate of drug-likeness (QED) is 0.316. The average Bonchev–Trinajstić information content (AvgIpc) is 2.11. The van der Waals surface area contributed by atoms with E-state index in [2.05, 4.69) is 50.1 Å². The molecule has 0 aromatic heterocycles. The molecule has 0 aliphatic heterocycles. The van der Waals surface area contributed by atoms with Gasteiger partial charge >= 0.3 is 5.97 Å². The molecule has 0 aliphatic rings. The summed E-state index contributed by atoms with van der Waals surface area (Å²) in [4.78, 5) is 11.2. The van der Waals surface area contributed by atoms with E-state index < -0.39 is 16.5 Å². The Bertz CT molecular complexity index is 362. The third kappa shape index (κ3) is 5.78. The summed E-state index contributed by atoms with van der Waals surface area (Å²) in [5.41, 5.74) is 1.13. The molecule has 110 valence electrons. The van der Waals surface area contributed by atoms with Crippen molar-refractivity contribution in [2.45, 2.75) is 59.6 Å². The van der Waals surface area contributed by atoms with Crippen molar-refractivity contribution < 1.29 is 9.53 Å². The second-order valence-electron chi connectivity index (χ2n) is 6.77. The van der Waals surface area contributed by atoms with Crippen LogP contribution < -0.4 is 0 Å². The molecule has 0 bridgehead atoms. The molecule has 0 unspecified atom stereocenters. The van der Waals surface area contributed by atoms with Gasteiger partial charge in [-0.25, -0.2) is 0 Å². The highest BCUT2D eigenvalue weighted by Crippen LogP contribution is 2.29. The van der Waals surface area contributed by atoms with Gasteiger partial charge in [-0.15, -0.1) is 6.58 Å². The largest absolute Gasteiger partial charge is 0.430 e. The summed E-state index contributed by atoms with van der Waals surface area (Å²) >= 11 is 0. The fourth-order valence-corrected chi connectivity index (χ4v) is 12.8. The van der Waals surface area contributed by atoms with Crippen LogP contribution in [0.1, 0.15) is 20.3 Å². The first-order chi connectivity index (χ1) is 8.41. The lowest BCUT2D eigenvalue weighted by Gasteiger charge is -2.47. The molecule has 0 amide bonds. The van der Waals surface area contributed by atoms with Crippen molar-refractivity contribution >= 4 is 22.4 Å². The van der Waals surface area contributed by atoms with Crippen LogP contribution in [-0.4, -0.2) is 26.7 Å². The van der Waals surface area contributed by atoms with Gasteiger partial charge < -0.3 is 8.97 Å². The Morgan fingerprint density at radius 2 is 1.53 bits per heavy atom. The molecule has 0 aliphatic carbocycles. The van der Waals surface area contributed by atoms with Crippen LogP contribution in [0.5, 0.6) is 0 Å². The van der Waals surface area contributed by atoms with E-state index in [0.29, 0.717) is 0 Å². The maximum Gasteiger partial charge on any atom is 0.307 e. The lowest BCUT2D eigenvalue weighted by Crippen LogP contribution is -2.58. The zero-order valence-electron chi connectivity index (χ0n) is 13.8. The monoisotopic (exact) mass is 299 g/mol. The molecule has 5 heteroatoms. The van der Waals surface area contributed by atoms with Crippen LogP contribution in [0.25, 0.3) is 0 Å². The molecule has 0 spiro atoms. The Morgan fingerprint density at radius 3 is 1.79 bits per heavy atom. The lowest BCUT2D eigenvalue weighted by molar-refractivity contribution is -0.136. The van der Waals surface area contributed by atoms with Crippen molar-refractivity contribution in [2.75, 3.05) is 0 Å². The number of carbonyl (C=O) groups excluding carboxylic acids is 1. The van der Waals surface area contributed by atoms with E-state index >= 15 is 0 Å². The normalized spacial score (nSPS) is 13.7. The number of ether oxygens (including phenoxy) is 1. The van der Waals surface area contributed by atoms with E-state index in [1.807, 2.05) is 13.0 Å². The van der Waals surface area contributed by atoms with Gasteiger partial charge in [0.25, 0.3) is 0 Å². The first kappa shape index (κ1) is 18.2. The fourth-order valence-electron chi connectivity index (χ4n) is 2.62. The van der Waals surface area contributed by atoms with Crippen LogP contribution in [-0.2, 0) is 9.53 Å². The second kappa shape index (κ2) is 6.56. The number of nitrogens with zero attached hydrogens (tertiary/aromatic N) is 1. The van der Waals surface area contributed by atoms with E-state index in [1.165, 1.54) is 6.92 Å². The summed E-state index contributed by atoms with van der Waals surface area (Å²) < 4.78 is 7.90. The lowest BCUT2D eigenvalue weighted by atomic mass is 10.3. The molecule has 0 N–H and O–H groups in total. The van der Waals surface area contributed by atoms with E-state index in [4.69, 9.17) is 4.74 Å². The molecule has 0 radical (unpaired) electrons. The van der Waals surface area contributed by atoms with Crippen molar-refractivity contribution in [1.29, 1.82) is 0 Å². The molecule has 0 heterocycles. The predicted molar refractivity (Wildman–Crippen MR) is 87.8 cm³/mol. The van der Waals surface area contributed by atoms with Crippen LogP contribution >= 0.6 is 0 Å². The number of hydrogen-bond donors (Lipinski definition) is 0. The zero-order valence-corrected chi connectivity index (χ0v) is 15.8. The van der Waals surface area contributed by atoms with Gasteiger partial charge in [0.1, 0.15) is 22.2 Å². The Hall–Kier alpha value is -0.816. The van der Waals surface area contributed by atoms with Crippen LogP contribution in [0, 0.1) is 0 Å². The van der Waals surface area contributed by atoms with Gasteiger partial charge in [0, 0.05) is 19.0 Å². The predicted octanol–water partition coefficient (Wildman–Crippen LogP) is 4.33. The SMILES string of the molecule is C=CC/C(=C(\C)OC(C)=O)N([Si](C)(C)C)[Si](C)(C)C. The van der Waals surface area contributed by atoms with Crippen LogP contribution in [0.2, 0.25) is 39.3 Å². The molecule has 0 aromatic rings. The highest BCUT2D eigenvalue weighted by atomic mass is 28.4. The Balaban J connectivity index is 5.80. The number of hydrogen-bond acceptors (Lipinski definition) is 3. The number of esters is 1. The molecule has 19 heavy (non-hydrogen) atoms. The van der Waals surface area contributed by atoms with E-state index in [0.717, 1.165) is 17.9 Å². The summed E-state index contributed by atoms with van der Waals surface area (Å²) in [5, 5.41) is 0. The maximum absolute atomic E-state index is 11.2. The highest BCUT2D eigenvalue weighted by Gasteiger charge is 2.36. The standard InChI is InChI=1S/C14H29NO2Si2/c1-10-11-14(12(2)17-13(3)16)15(18(4,5)6)19(7,8)9/h10H,1,11H2,2-9H3/b14-12-. The van der Waals surface area contributed by atoms with Gasteiger partial charge in [-0.2, -0.15) is 0 Å². The van der Waals surface area contributed by atoms with E-state index in [-0.39, 0.29) is 5.97 Å². The molecule has 0 rings (SSSR count). The summed E-state index contributed by atoms with van der Waals surface area (Å²) in [6, 6.07) is 0. The second-order valence-corrected chi connectivity index (χ2v) is 16.8. The van der Waals surface area contributed by atoms with Crippen LogP contribution in [0.15, 0.2) is 24.1 Å². The first-order valence-electron chi connectivity index (χ1n) is 6.70. The Morgan fingerprint density at radius 1 is 1.11 bits per heavy atom. The molecule has 0 aromatic carbocycles. The average molecular weight is 300 g/mol.